The van der Waals surface area contributed by atoms with E-state index in [0.29, 0.717) is 12.1 Å². The van der Waals surface area contributed by atoms with Gasteiger partial charge in [-0.2, -0.15) is 0 Å². The summed E-state index contributed by atoms with van der Waals surface area (Å²) in [4.78, 5) is 13.7. The predicted octanol–water partition coefficient (Wildman–Crippen LogP) is 1.56. The van der Waals surface area contributed by atoms with Crippen LogP contribution < -0.4 is 0 Å². The number of imidazole rings is 1. The molecule has 0 radical (unpaired) electrons. The van der Waals surface area contributed by atoms with Crippen molar-refractivity contribution in [2.75, 3.05) is 20.6 Å². The lowest BCUT2D eigenvalue weighted by molar-refractivity contribution is 0.174. The van der Waals surface area contributed by atoms with E-state index in [9.17, 15) is 0 Å². The van der Waals surface area contributed by atoms with Gasteiger partial charge in [0.1, 0.15) is 5.82 Å². The zero-order valence-corrected chi connectivity index (χ0v) is 13.7. The minimum Gasteiger partial charge on any atom is -0.337 e. The number of rotatable bonds is 5. The minimum absolute atomic E-state index is 0.510. The van der Waals surface area contributed by atoms with Crippen molar-refractivity contribution in [2.45, 2.75) is 31.5 Å². The number of aryl methyl sites for hydroxylation is 1. The molecule has 0 saturated carbocycles. The van der Waals surface area contributed by atoms with Gasteiger partial charge in [-0.25, -0.2) is 4.98 Å². The molecule has 2 aromatic heterocycles. The molecule has 5 nitrogen and oxygen atoms in total. The van der Waals surface area contributed by atoms with Gasteiger partial charge in [0.25, 0.3) is 0 Å². The van der Waals surface area contributed by atoms with Crippen LogP contribution in [0.2, 0.25) is 0 Å². The van der Waals surface area contributed by atoms with Crippen molar-refractivity contribution in [1.29, 1.82) is 0 Å². The van der Waals surface area contributed by atoms with E-state index >= 15 is 0 Å². The molecule has 1 fully saturated rings. The first-order chi connectivity index (χ1) is 10.6. The van der Waals surface area contributed by atoms with Gasteiger partial charge >= 0.3 is 0 Å². The lowest BCUT2D eigenvalue weighted by Crippen LogP contribution is -2.43. The fraction of sp³-hybridized carbons (Fsp3) is 0.529. The third kappa shape index (κ3) is 3.20. The van der Waals surface area contributed by atoms with Gasteiger partial charge in [-0.15, -0.1) is 0 Å². The minimum atomic E-state index is 0.510. The van der Waals surface area contributed by atoms with Crippen molar-refractivity contribution in [3.05, 3.63) is 48.3 Å². The van der Waals surface area contributed by atoms with Gasteiger partial charge in [0.15, 0.2) is 0 Å². The molecule has 0 N–H and O–H groups in total. The molecule has 0 amide bonds. The van der Waals surface area contributed by atoms with Gasteiger partial charge in [-0.1, -0.05) is 6.07 Å². The summed E-state index contributed by atoms with van der Waals surface area (Å²) in [5.41, 5.74) is 1.31. The Bertz CT molecular complexity index is 592. The van der Waals surface area contributed by atoms with Gasteiger partial charge < -0.3 is 9.47 Å². The van der Waals surface area contributed by atoms with Crippen LogP contribution in [-0.4, -0.2) is 57.1 Å². The van der Waals surface area contributed by atoms with Crippen LogP contribution in [0.3, 0.4) is 0 Å². The summed E-state index contributed by atoms with van der Waals surface area (Å²) in [7, 11) is 6.44. The molecule has 2 atom stereocenters. The second-order valence-electron chi connectivity index (χ2n) is 6.38. The quantitative estimate of drug-likeness (QED) is 0.840. The smallest absolute Gasteiger partial charge is 0.122 e. The fourth-order valence-corrected chi connectivity index (χ4v) is 3.45. The second kappa shape index (κ2) is 6.58. The molecule has 3 rings (SSSR count). The van der Waals surface area contributed by atoms with Crippen LogP contribution in [0.1, 0.15) is 17.8 Å². The Morgan fingerprint density at radius 3 is 2.82 bits per heavy atom. The first-order valence-electron chi connectivity index (χ1n) is 7.90. The molecule has 0 aromatic carbocycles. The SMILES string of the molecule is CN(C)[C@@H]1CCN(Cc2nccn2C)[C@H]1Cc1cccnc1. The zero-order chi connectivity index (χ0) is 15.5. The molecular weight excluding hydrogens is 274 g/mol. The number of likely N-dealkylation sites (N-methyl/N-ethyl adjacent to an activating group) is 1. The molecule has 22 heavy (non-hydrogen) atoms. The Labute approximate surface area is 132 Å². The summed E-state index contributed by atoms with van der Waals surface area (Å²) >= 11 is 0. The number of nitrogens with zero attached hydrogens (tertiary/aromatic N) is 5. The van der Waals surface area contributed by atoms with Gasteiger partial charge in [-0.3, -0.25) is 9.88 Å². The summed E-state index contributed by atoms with van der Waals surface area (Å²) in [6.45, 7) is 2.04. The van der Waals surface area contributed by atoms with Gasteiger partial charge in [-0.05, 0) is 38.6 Å². The number of hydrogen-bond donors (Lipinski definition) is 0. The number of pyridine rings is 1. The molecule has 0 unspecified atom stereocenters. The van der Waals surface area contributed by atoms with E-state index < -0.39 is 0 Å². The highest BCUT2D eigenvalue weighted by Crippen LogP contribution is 2.26. The molecule has 1 aliphatic rings. The van der Waals surface area contributed by atoms with Gasteiger partial charge in [0.2, 0.25) is 0 Å². The number of likely N-dealkylation sites (tertiary alicyclic amines) is 1. The van der Waals surface area contributed by atoms with E-state index in [1.54, 1.807) is 0 Å². The largest absolute Gasteiger partial charge is 0.337 e. The third-order valence-corrected chi connectivity index (χ3v) is 4.72. The number of hydrogen-bond acceptors (Lipinski definition) is 4. The van der Waals surface area contributed by atoms with E-state index in [1.165, 1.54) is 12.0 Å². The lowest BCUT2D eigenvalue weighted by atomic mass is 10.0. The van der Waals surface area contributed by atoms with Gasteiger partial charge in [0.05, 0.1) is 6.54 Å². The average molecular weight is 299 g/mol. The fourth-order valence-electron chi connectivity index (χ4n) is 3.45. The van der Waals surface area contributed by atoms with Crippen molar-refractivity contribution >= 4 is 0 Å². The van der Waals surface area contributed by atoms with Crippen LogP contribution in [0.4, 0.5) is 0 Å². The highest BCUT2D eigenvalue weighted by Gasteiger charge is 2.35. The maximum atomic E-state index is 4.49. The summed E-state index contributed by atoms with van der Waals surface area (Å²) < 4.78 is 2.12. The molecule has 0 bridgehead atoms. The maximum absolute atomic E-state index is 4.49. The standard InChI is InChI=1S/C17H25N5/c1-20(2)15-6-9-22(13-17-19-8-10-21(17)3)16(15)11-14-5-4-7-18-12-14/h4-5,7-8,10,12,15-16H,6,9,11,13H2,1-3H3/t15-,16+/m1/s1. The monoisotopic (exact) mass is 299 g/mol. The highest BCUT2D eigenvalue weighted by molar-refractivity contribution is 5.13. The molecule has 0 spiro atoms. The predicted molar refractivity (Wildman–Crippen MR) is 87.4 cm³/mol. The zero-order valence-electron chi connectivity index (χ0n) is 13.7. The summed E-state index contributed by atoms with van der Waals surface area (Å²) in [5, 5.41) is 0. The summed E-state index contributed by atoms with van der Waals surface area (Å²) in [6.07, 6.45) is 9.98. The Hall–Kier alpha value is -1.72. The second-order valence-corrected chi connectivity index (χ2v) is 6.38. The maximum Gasteiger partial charge on any atom is 0.122 e. The lowest BCUT2D eigenvalue weighted by Gasteiger charge is -2.31. The van der Waals surface area contributed by atoms with Gasteiger partial charge in [0, 0.05) is 50.5 Å². The van der Waals surface area contributed by atoms with Crippen LogP contribution in [0, 0.1) is 0 Å². The molecule has 118 valence electrons. The first-order valence-corrected chi connectivity index (χ1v) is 7.90. The van der Waals surface area contributed by atoms with Crippen molar-refractivity contribution in [2.24, 2.45) is 7.05 Å². The molecule has 3 heterocycles. The van der Waals surface area contributed by atoms with Crippen molar-refractivity contribution in [3.63, 3.8) is 0 Å². The molecule has 5 heteroatoms. The van der Waals surface area contributed by atoms with Crippen molar-refractivity contribution in [3.8, 4) is 0 Å². The van der Waals surface area contributed by atoms with Crippen LogP contribution in [-0.2, 0) is 20.0 Å². The third-order valence-electron chi connectivity index (χ3n) is 4.72. The first kappa shape index (κ1) is 15.2. The van der Waals surface area contributed by atoms with Crippen LogP contribution in [0.5, 0.6) is 0 Å². The Morgan fingerprint density at radius 1 is 1.32 bits per heavy atom. The summed E-state index contributed by atoms with van der Waals surface area (Å²) in [5.74, 6) is 1.13. The number of aromatic nitrogens is 3. The Balaban J connectivity index is 1.77. The van der Waals surface area contributed by atoms with E-state index in [-0.39, 0.29) is 0 Å². The Kier molecular flexibility index (Phi) is 4.55. The van der Waals surface area contributed by atoms with E-state index in [1.807, 2.05) is 30.9 Å². The van der Waals surface area contributed by atoms with Crippen LogP contribution >= 0.6 is 0 Å². The van der Waals surface area contributed by atoms with E-state index in [0.717, 1.165) is 25.3 Å². The molecule has 0 aliphatic carbocycles. The average Bonchev–Trinajstić information content (AvgIpc) is 3.08. The van der Waals surface area contributed by atoms with E-state index in [2.05, 4.69) is 51.5 Å². The Morgan fingerprint density at radius 2 is 2.18 bits per heavy atom. The molecular formula is C17H25N5. The van der Waals surface area contributed by atoms with Crippen molar-refractivity contribution in [1.82, 2.24) is 24.3 Å². The topological polar surface area (TPSA) is 37.2 Å². The molecule has 1 saturated heterocycles. The van der Waals surface area contributed by atoms with Crippen LogP contribution in [0.25, 0.3) is 0 Å². The van der Waals surface area contributed by atoms with Crippen LogP contribution in [0.15, 0.2) is 36.9 Å². The molecule has 1 aliphatic heterocycles. The van der Waals surface area contributed by atoms with E-state index in [4.69, 9.17) is 0 Å². The highest BCUT2D eigenvalue weighted by atomic mass is 15.3. The normalized spacial score (nSPS) is 22.5. The summed E-state index contributed by atoms with van der Waals surface area (Å²) in [6, 6.07) is 5.30. The van der Waals surface area contributed by atoms with Crippen molar-refractivity contribution < 1.29 is 0 Å². The molecule has 2 aromatic rings.